The average Bonchev–Trinajstić information content (AvgIpc) is 2.82. The van der Waals surface area contributed by atoms with Crippen molar-refractivity contribution in [3.8, 4) is 0 Å². The van der Waals surface area contributed by atoms with Gasteiger partial charge in [-0.05, 0) is 32.9 Å². The lowest BCUT2D eigenvalue weighted by Crippen LogP contribution is -2.33. The number of benzene rings is 1. The fourth-order valence-electron chi connectivity index (χ4n) is 2.30. The second-order valence-corrected chi connectivity index (χ2v) is 8.64. The van der Waals surface area contributed by atoms with E-state index in [1.165, 1.54) is 0 Å². The van der Waals surface area contributed by atoms with Gasteiger partial charge in [-0.3, -0.25) is 4.99 Å². The first-order valence-electron chi connectivity index (χ1n) is 7.19. The van der Waals surface area contributed by atoms with Crippen molar-refractivity contribution >= 4 is 26.8 Å². The highest BCUT2D eigenvalue weighted by Gasteiger charge is 2.33. The molecule has 0 saturated carbocycles. The monoisotopic (exact) mass is 326 g/mol. The van der Waals surface area contributed by atoms with Crippen molar-refractivity contribution in [1.82, 2.24) is 4.90 Å². The molecular formula is C15H22N2O2S2. The third kappa shape index (κ3) is 4.01. The van der Waals surface area contributed by atoms with E-state index in [9.17, 15) is 8.42 Å². The summed E-state index contributed by atoms with van der Waals surface area (Å²) in [5, 5.41) is 1.02. The Labute approximate surface area is 131 Å². The Bertz CT molecular complexity index is 597. The Hall–Kier alpha value is -1.01. The zero-order valence-electron chi connectivity index (χ0n) is 12.7. The molecular weight excluding hydrogens is 304 g/mol. The normalized spacial score (nSPS) is 21.4. The van der Waals surface area contributed by atoms with Gasteiger partial charge in [-0.25, -0.2) is 8.42 Å². The summed E-state index contributed by atoms with van der Waals surface area (Å²) in [5.74, 6) is 0.160. The van der Waals surface area contributed by atoms with Crippen molar-refractivity contribution in [3.05, 3.63) is 30.3 Å². The smallest absolute Gasteiger partial charge is 0.179 e. The molecule has 116 valence electrons. The molecule has 0 amide bonds. The fraction of sp³-hybridized carbons (Fsp3) is 0.533. The fourth-order valence-corrected chi connectivity index (χ4v) is 5.63. The summed E-state index contributed by atoms with van der Waals surface area (Å²) in [6.45, 7) is 7.69. The summed E-state index contributed by atoms with van der Waals surface area (Å²) in [6.07, 6.45) is 0. The maximum Gasteiger partial charge on any atom is 0.179 e. The van der Waals surface area contributed by atoms with Gasteiger partial charge in [0, 0.05) is 24.4 Å². The molecule has 4 nitrogen and oxygen atoms in total. The van der Waals surface area contributed by atoms with Crippen LogP contribution in [-0.4, -0.2) is 48.6 Å². The highest BCUT2D eigenvalue weighted by Crippen LogP contribution is 2.30. The van der Waals surface area contributed by atoms with Gasteiger partial charge in [0.2, 0.25) is 0 Å². The largest absolute Gasteiger partial charge is 0.348 e. The summed E-state index contributed by atoms with van der Waals surface area (Å²) in [5.41, 5.74) is 0. The summed E-state index contributed by atoms with van der Waals surface area (Å²) < 4.78 is 24.9. The van der Waals surface area contributed by atoms with E-state index in [1.54, 1.807) is 36.0 Å². The van der Waals surface area contributed by atoms with Crippen LogP contribution in [0.1, 0.15) is 20.8 Å². The number of rotatable bonds is 5. The lowest BCUT2D eigenvalue weighted by molar-refractivity contribution is 0.369. The van der Waals surface area contributed by atoms with E-state index in [-0.39, 0.29) is 11.0 Å². The Morgan fingerprint density at radius 2 is 2.00 bits per heavy atom. The first-order valence-corrected chi connectivity index (χ1v) is 9.72. The van der Waals surface area contributed by atoms with Crippen LogP contribution in [0, 0.1) is 0 Å². The molecule has 1 aliphatic heterocycles. The van der Waals surface area contributed by atoms with Crippen molar-refractivity contribution in [2.24, 2.45) is 4.99 Å². The van der Waals surface area contributed by atoms with E-state index < -0.39 is 9.84 Å². The minimum absolute atomic E-state index is 0.0444. The molecule has 1 atom stereocenters. The van der Waals surface area contributed by atoms with Crippen molar-refractivity contribution in [2.45, 2.75) is 37.0 Å². The van der Waals surface area contributed by atoms with Crippen LogP contribution in [0.15, 0.2) is 40.2 Å². The number of sulfone groups is 1. The van der Waals surface area contributed by atoms with Crippen LogP contribution >= 0.6 is 11.8 Å². The zero-order chi connectivity index (χ0) is 15.5. The van der Waals surface area contributed by atoms with Gasteiger partial charge in [-0.2, -0.15) is 0 Å². The predicted molar refractivity (Wildman–Crippen MR) is 89.7 cm³/mol. The van der Waals surface area contributed by atoms with Crippen LogP contribution in [0.5, 0.6) is 0 Å². The quantitative estimate of drug-likeness (QED) is 0.835. The molecule has 0 spiro atoms. The van der Waals surface area contributed by atoms with Crippen molar-refractivity contribution in [1.29, 1.82) is 0 Å². The first kappa shape index (κ1) is 16.4. The molecule has 1 aromatic rings. The molecule has 6 heteroatoms. The molecule has 1 heterocycles. The molecule has 1 aromatic carbocycles. The van der Waals surface area contributed by atoms with E-state index in [0.29, 0.717) is 10.9 Å². The molecule has 1 saturated heterocycles. The predicted octanol–water partition coefficient (Wildman–Crippen LogP) is 2.66. The van der Waals surface area contributed by atoms with Crippen molar-refractivity contribution in [2.75, 3.05) is 18.8 Å². The number of hydrogen-bond acceptors (Lipinski definition) is 4. The van der Waals surface area contributed by atoms with Crippen LogP contribution < -0.4 is 0 Å². The second-order valence-electron chi connectivity index (χ2n) is 5.34. The van der Waals surface area contributed by atoms with E-state index in [1.807, 2.05) is 13.0 Å². The third-order valence-corrected chi connectivity index (χ3v) is 6.61. The summed E-state index contributed by atoms with van der Waals surface area (Å²) in [4.78, 5) is 7.09. The Balaban J connectivity index is 2.13. The standard InChI is InChI=1S/C15H22N2O2S2/c1-4-16-15-17(12(2)3)10-13(20-15)11-21(18,19)14-8-6-5-7-9-14/h5-9,12-13H,4,10-11H2,1-3H3/t13-/m1/s1. The Morgan fingerprint density at radius 3 is 2.57 bits per heavy atom. The molecule has 0 bridgehead atoms. The molecule has 0 aromatic heterocycles. The summed E-state index contributed by atoms with van der Waals surface area (Å²) >= 11 is 1.59. The van der Waals surface area contributed by atoms with Crippen LogP contribution in [0.4, 0.5) is 0 Å². The molecule has 0 unspecified atom stereocenters. The molecule has 0 N–H and O–H groups in total. The third-order valence-electron chi connectivity index (χ3n) is 3.34. The van der Waals surface area contributed by atoms with Crippen LogP contribution in [0.2, 0.25) is 0 Å². The second kappa shape index (κ2) is 6.83. The Kier molecular flexibility index (Phi) is 5.32. The van der Waals surface area contributed by atoms with Crippen LogP contribution in [-0.2, 0) is 9.84 Å². The van der Waals surface area contributed by atoms with Crippen LogP contribution in [0.25, 0.3) is 0 Å². The zero-order valence-corrected chi connectivity index (χ0v) is 14.3. The Morgan fingerprint density at radius 1 is 1.33 bits per heavy atom. The molecule has 1 fully saturated rings. The highest BCUT2D eigenvalue weighted by atomic mass is 32.2. The van der Waals surface area contributed by atoms with Gasteiger partial charge in [0.15, 0.2) is 15.0 Å². The van der Waals surface area contributed by atoms with E-state index in [2.05, 4.69) is 23.7 Å². The average molecular weight is 326 g/mol. The van der Waals surface area contributed by atoms with Gasteiger partial charge >= 0.3 is 0 Å². The topological polar surface area (TPSA) is 49.7 Å². The number of aliphatic imine (C=N–C) groups is 1. The molecule has 0 aliphatic carbocycles. The van der Waals surface area contributed by atoms with E-state index in [0.717, 1.165) is 18.3 Å². The van der Waals surface area contributed by atoms with Crippen LogP contribution in [0.3, 0.4) is 0 Å². The van der Waals surface area contributed by atoms with Gasteiger partial charge in [0.05, 0.1) is 10.6 Å². The van der Waals surface area contributed by atoms with Gasteiger partial charge in [0.1, 0.15) is 0 Å². The summed E-state index contributed by atoms with van der Waals surface area (Å²) in [7, 11) is -3.23. The van der Waals surface area contributed by atoms with E-state index >= 15 is 0 Å². The van der Waals surface area contributed by atoms with Gasteiger partial charge in [-0.1, -0.05) is 30.0 Å². The maximum absolute atomic E-state index is 12.5. The number of thioether (sulfide) groups is 1. The van der Waals surface area contributed by atoms with Gasteiger partial charge < -0.3 is 4.90 Å². The van der Waals surface area contributed by atoms with Crippen molar-refractivity contribution in [3.63, 3.8) is 0 Å². The van der Waals surface area contributed by atoms with E-state index in [4.69, 9.17) is 0 Å². The number of nitrogens with zero attached hydrogens (tertiary/aromatic N) is 2. The highest BCUT2D eigenvalue weighted by molar-refractivity contribution is 8.15. The molecule has 2 rings (SSSR count). The minimum atomic E-state index is -3.23. The van der Waals surface area contributed by atoms with Crippen molar-refractivity contribution < 1.29 is 8.42 Å². The number of hydrogen-bond donors (Lipinski definition) is 0. The molecule has 0 radical (unpaired) electrons. The maximum atomic E-state index is 12.5. The lowest BCUT2D eigenvalue weighted by atomic mass is 10.3. The van der Waals surface area contributed by atoms with Gasteiger partial charge in [-0.15, -0.1) is 0 Å². The lowest BCUT2D eigenvalue weighted by Gasteiger charge is -2.22. The molecule has 21 heavy (non-hydrogen) atoms. The summed E-state index contributed by atoms with van der Waals surface area (Å²) in [6, 6.07) is 9.02. The minimum Gasteiger partial charge on any atom is -0.348 e. The molecule has 1 aliphatic rings. The first-order chi connectivity index (χ1) is 9.94. The number of amidine groups is 1. The SMILES string of the molecule is CCN=C1S[C@@H](CS(=O)(=O)c2ccccc2)CN1C(C)C. The van der Waals surface area contributed by atoms with Gasteiger partial charge in [0.25, 0.3) is 0 Å².